The number of rotatable bonds is 5. The van der Waals surface area contributed by atoms with Crippen LogP contribution < -0.4 is 15.4 Å². The van der Waals surface area contributed by atoms with E-state index in [1.165, 1.54) is 25.2 Å². The first-order valence-corrected chi connectivity index (χ1v) is 6.64. The third kappa shape index (κ3) is 3.53. The molecule has 1 aromatic carbocycles. The second-order valence-corrected chi connectivity index (χ2v) is 4.90. The van der Waals surface area contributed by atoms with Crippen LogP contribution in [0.3, 0.4) is 0 Å². The van der Waals surface area contributed by atoms with Gasteiger partial charge in [-0.1, -0.05) is 0 Å². The van der Waals surface area contributed by atoms with Crippen LogP contribution >= 0.6 is 0 Å². The van der Waals surface area contributed by atoms with E-state index in [-0.39, 0.29) is 23.3 Å². The van der Waals surface area contributed by atoms with Crippen molar-refractivity contribution in [2.24, 2.45) is 0 Å². The maximum Gasteiger partial charge on any atom is 0.335 e. The van der Waals surface area contributed by atoms with Crippen molar-refractivity contribution in [2.75, 3.05) is 13.6 Å². The monoisotopic (exact) mass is 308 g/mol. The predicted octanol–water partition coefficient (Wildman–Crippen LogP) is -0.0617. The van der Waals surface area contributed by atoms with Crippen molar-refractivity contribution in [3.63, 3.8) is 0 Å². The fourth-order valence-electron chi connectivity index (χ4n) is 2.24. The van der Waals surface area contributed by atoms with Gasteiger partial charge in [0.25, 0.3) is 5.91 Å². The molecule has 0 bridgehead atoms. The summed E-state index contributed by atoms with van der Waals surface area (Å²) in [6, 6.07) is 3.30. The van der Waals surface area contributed by atoms with Crippen molar-refractivity contribution >= 4 is 17.8 Å². The van der Waals surface area contributed by atoms with E-state index in [0.717, 1.165) is 0 Å². The quantitative estimate of drug-likeness (QED) is 0.600. The smallest absolute Gasteiger partial charge is 0.335 e. The number of amides is 1. The molecular weight excluding hydrogens is 292 g/mol. The molecule has 0 spiro atoms. The molecule has 118 valence electrons. The Morgan fingerprint density at radius 2 is 1.91 bits per heavy atom. The topological polar surface area (TPSA) is 125 Å². The van der Waals surface area contributed by atoms with Gasteiger partial charge in [-0.3, -0.25) is 9.59 Å². The van der Waals surface area contributed by atoms with E-state index in [1.54, 1.807) is 0 Å². The molecule has 1 unspecified atom stereocenters. The molecule has 22 heavy (non-hydrogen) atoms. The maximum absolute atomic E-state index is 11.7. The molecular formula is C14H16N2O6. The molecule has 8 nitrogen and oxygen atoms in total. The zero-order chi connectivity index (χ0) is 16.3. The van der Waals surface area contributed by atoms with E-state index in [2.05, 4.69) is 10.6 Å². The Kier molecular flexibility index (Phi) is 4.62. The Morgan fingerprint density at radius 3 is 2.45 bits per heavy atom. The van der Waals surface area contributed by atoms with Gasteiger partial charge < -0.3 is 25.6 Å². The standard InChI is InChI=1S/C14H16N2O6/c1-15-12(17)7-2-8(13(18)19)4-9(3-7)22-10-5-11(14(20)21)16-6-10/h2-4,10-11,16H,5-6H2,1H3,(H,15,17)(H,18,19)(H,20,21)/t10?,11-/m0/s1. The van der Waals surface area contributed by atoms with Crippen LogP contribution in [0, 0.1) is 0 Å². The van der Waals surface area contributed by atoms with Gasteiger partial charge in [0.2, 0.25) is 0 Å². The minimum Gasteiger partial charge on any atom is -0.489 e. The van der Waals surface area contributed by atoms with Gasteiger partial charge in [-0.2, -0.15) is 0 Å². The minimum atomic E-state index is -1.18. The third-order valence-electron chi connectivity index (χ3n) is 3.33. The fraction of sp³-hybridized carbons (Fsp3) is 0.357. The van der Waals surface area contributed by atoms with Crippen LogP contribution in [-0.4, -0.2) is 53.8 Å². The van der Waals surface area contributed by atoms with Crippen LogP contribution in [0.5, 0.6) is 5.75 Å². The van der Waals surface area contributed by atoms with Crippen molar-refractivity contribution in [1.82, 2.24) is 10.6 Å². The van der Waals surface area contributed by atoms with E-state index in [1.807, 2.05) is 0 Å². The summed E-state index contributed by atoms with van der Waals surface area (Å²) in [5.74, 6) is -2.35. The lowest BCUT2D eigenvalue weighted by atomic mass is 10.1. The van der Waals surface area contributed by atoms with Crippen molar-refractivity contribution in [3.8, 4) is 5.75 Å². The molecule has 1 saturated heterocycles. The number of carboxylic acid groups (broad SMARTS) is 2. The van der Waals surface area contributed by atoms with Gasteiger partial charge in [0.05, 0.1) is 5.56 Å². The summed E-state index contributed by atoms with van der Waals surface area (Å²) in [4.78, 5) is 33.7. The Labute approximate surface area is 126 Å². The van der Waals surface area contributed by atoms with Gasteiger partial charge in [-0.05, 0) is 18.2 Å². The third-order valence-corrected chi connectivity index (χ3v) is 3.33. The van der Waals surface area contributed by atoms with E-state index >= 15 is 0 Å². The molecule has 0 saturated carbocycles. The molecule has 2 rings (SSSR count). The number of carbonyl (C=O) groups is 3. The van der Waals surface area contributed by atoms with Gasteiger partial charge in [-0.25, -0.2) is 4.79 Å². The molecule has 1 aliphatic heterocycles. The number of nitrogens with one attached hydrogen (secondary N) is 2. The Bertz CT molecular complexity index is 615. The number of aliphatic carboxylic acids is 1. The first kappa shape index (κ1) is 15.8. The lowest BCUT2D eigenvalue weighted by Gasteiger charge is -2.14. The molecule has 8 heteroatoms. The number of carbonyl (C=O) groups excluding carboxylic acids is 1. The van der Waals surface area contributed by atoms with E-state index in [0.29, 0.717) is 6.54 Å². The Hall–Kier alpha value is -2.61. The summed E-state index contributed by atoms with van der Waals surface area (Å²) < 4.78 is 5.61. The summed E-state index contributed by atoms with van der Waals surface area (Å²) in [6.07, 6.45) is -0.134. The molecule has 2 atom stereocenters. The number of hydrogen-bond donors (Lipinski definition) is 4. The largest absolute Gasteiger partial charge is 0.489 e. The van der Waals surface area contributed by atoms with Gasteiger partial charge in [0.15, 0.2) is 0 Å². The summed E-state index contributed by atoms with van der Waals surface area (Å²) in [6.45, 7) is 0.337. The Balaban J connectivity index is 2.20. The molecule has 1 aromatic rings. The fourth-order valence-corrected chi connectivity index (χ4v) is 2.24. The summed E-state index contributed by atoms with van der Waals surface area (Å²) >= 11 is 0. The zero-order valence-corrected chi connectivity index (χ0v) is 11.8. The van der Waals surface area contributed by atoms with Crippen LogP contribution in [0.15, 0.2) is 18.2 Å². The first-order chi connectivity index (χ1) is 10.4. The lowest BCUT2D eigenvalue weighted by Crippen LogP contribution is -2.30. The number of aromatic carboxylic acids is 1. The van der Waals surface area contributed by atoms with Crippen LogP contribution in [0.1, 0.15) is 27.1 Å². The summed E-state index contributed by atoms with van der Waals surface area (Å²) in [7, 11) is 1.44. The average molecular weight is 308 g/mol. The molecule has 1 amide bonds. The molecule has 1 aliphatic rings. The van der Waals surface area contributed by atoms with Gasteiger partial charge >= 0.3 is 11.9 Å². The summed E-state index contributed by atoms with van der Waals surface area (Å²) in [5.41, 5.74) is 0.0926. The van der Waals surface area contributed by atoms with Crippen molar-refractivity contribution in [1.29, 1.82) is 0 Å². The van der Waals surface area contributed by atoms with Gasteiger partial charge in [-0.15, -0.1) is 0 Å². The summed E-state index contributed by atoms with van der Waals surface area (Å²) in [5, 5.41) is 23.2. The molecule has 4 N–H and O–H groups in total. The number of carboxylic acids is 2. The highest BCUT2D eigenvalue weighted by Gasteiger charge is 2.30. The van der Waals surface area contributed by atoms with Crippen LogP contribution in [-0.2, 0) is 4.79 Å². The first-order valence-electron chi connectivity index (χ1n) is 6.64. The van der Waals surface area contributed by atoms with E-state index in [4.69, 9.17) is 14.9 Å². The molecule has 1 fully saturated rings. The lowest BCUT2D eigenvalue weighted by molar-refractivity contribution is -0.139. The molecule has 1 heterocycles. The number of ether oxygens (including phenoxy) is 1. The Morgan fingerprint density at radius 1 is 1.23 bits per heavy atom. The number of benzene rings is 1. The van der Waals surface area contributed by atoms with Crippen molar-refractivity contribution < 1.29 is 29.3 Å². The van der Waals surface area contributed by atoms with Crippen LogP contribution in [0.2, 0.25) is 0 Å². The predicted molar refractivity (Wildman–Crippen MR) is 75.3 cm³/mol. The van der Waals surface area contributed by atoms with Gasteiger partial charge in [0, 0.05) is 25.6 Å². The van der Waals surface area contributed by atoms with Gasteiger partial charge in [0.1, 0.15) is 17.9 Å². The average Bonchev–Trinajstić information content (AvgIpc) is 2.94. The van der Waals surface area contributed by atoms with Crippen LogP contribution in [0.4, 0.5) is 0 Å². The molecule has 0 aromatic heterocycles. The number of hydrogen-bond acceptors (Lipinski definition) is 5. The highest BCUT2D eigenvalue weighted by atomic mass is 16.5. The molecule has 0 radical (unpaired) electrons. The van der Waals surface area contributed by atoms with E-state index in [9.17, 15) is 14.4 Å². The zero-order valence-electron chi connectivity index (χ0n) is 11.8. The SMILES string of the molecule is CNC(=O)c1cc(OC2CN[C@H](C(=O)O)C2)cc(C(=O)O)c1. The van der Waals surface area contributed by atoms with E-state index < -0.39 is 30.0 Å². The van der Waals surface area contributed by atoms with Crippen molar-refractivity contribution in [2.45, 2.75) is 18.6 Å². The van der Waals surface area contributed by atoms with Crippen molar-refractivity contribution in [3.05, 3.63) is 29.3 Å². The molecule has 0 aliphatic carbocycles. The highest BCUT2D eigenvalue weighted by molar-refractivity contribution is 5.98. The second-order valence-electron chi connectivity index (χ2n) is 4.90. The minimum absolute atomic E-state index is 0.0724. The van der Waals surface area contributed by atoms with Crippen LogP contribution in [0.25, 0.3) is 0 Å². The second kappa shape index (κ2) is 6.44. The normalized spacial score (nSPS) is 20.4. The highest BCUT2D eigenvalue weighted by Crippen LogP contribution is 2.21. The maximum atomic E-state index is 11.7.